The zero-order valence-corrected chi connectivity index (χ0v) is 11.9. The molecule has 7 heteroatoms. The zero-order valence-electron chi connectivity index (χ0n) is 11.9. The molecule has 1 aromatic carbocycles. The normalized spacial score (nSPS) is 20.4. The van der Waals surface area contributed by atoms with Gasteiger partial charge in [-0.15, -0.1) is 10.2 Å². The highest BCUT2D eigenvalue weighted by atomic mass is 19.1. The van der Waals surface area contributed by atoms with Crippen molar-refractivity contribution in [3.8, 4) is 0 Å². The van der Waals surface area contributed by atoms with E-state index in [1.165, 1.54) is 6.07 Å². The summed E-state index contributed by atoms with van der Waals surface area (Å²) in [5.41, 5.74) is -0.252. The van der Waals surface area contributed by atoms with Crippen LogP contribution in [0.25, 0.3) is 0 Å². The lowest BCUT2D eigenvalue weighted by Gasteiger charge is -2.21. The second kappa shape index (κ2) is 4.86. The Morgan fingerprint density at radius 3 is 2.73 bits per heavy atom. The number of hydrogen-bond donors (Lipinski definition) is 2. The number of aromatic amines is 1. The van der Waals surface area contributed by atoms with E-state index in [1.54, 1.807) is 18.2 Å². The molecule has 114 valence electrons. The second-order valence-corrected chi connectivity index (χ2v) is 6.12. The average molecular weight is 301 g/mol. The predicted molar refractivity (Wildman–Crippen MR) is 75.1 cm³/mol. The summed E-state index contributed by atoms with van der Waals surface area (Å²) >= 11 is 0. The van der Waals surface area contributed by atoms with Crippen molar-refractivity contribution in [2.24, 2.45) is 5.92 Å². The molecule has 22 heavy (non-hydrogen) atoms. The van der Waals surface area contributed by atoms with Crippen LogP contribution in [0.15, 0.2) is 24.3 Å². The van der Waals surface area contributed by atoms with Gasteiger partial charge in [0.25, 0.3) is 0 Å². The topological polar surface area (TPSA) is 83.6 Å². The first-order chi connectivity index (χ1) is 10.7. The highest BCUT2D eigenvalue weighted by molar-refractivity contribution is 5.91. The van der Waals surface area contributed by atoms with Crippen molar-refractivity contribution in [1.29, 1.82) is 0 Å². The summed E-state index contributed by atoms with van der Waals surface area (Å²) in [6.45, 7) is 0. The fourth-order valence-electron chi connectivity index (χ4n) is 3.00. The molecular weight excluding hydrogens is 285 g/mol. The van der Waals surface area contributed by atoms with Crippen molar-refractivity contribution in [2.75, 3.05) is 0 Å². The molecule has 2 aromatic rings. The fourth-order valence-corrected chi connectivity index (χ4v) is 3.00. The molecule has 0 bridgehead atoms. The summed E-state index contributed by atoms with van der Waals surface area (Å²) in [7, 11) is 0. The smallest absolute Gasteiger partial charge is 0.231 e. The predicted octanol–water partition coefficient (Wildman–Crippen LogP) is 1.64. The van der Waals surface area contributed by atoms with Crippen molar-refractivity contribution >= 4 is 5.91 Å². The summed E-state index contributed by atoms with van der Waals surface area (Å²) in [6, 6.07) is 6.26. The van der Waals surface area contributed by atoms with Gasteiger partial charge >= 0.3 is 0 Å². The van der Waals surface area contributed by atoms with E-state index in [4.69, 9.17) is 0 Å². The molecule has 2 aliphatic rings. The van der Waals surface area contributed by atoms with Crippen LogP contribution in [0.2, 0.25) is 0 Å². The van der Waals surface area contributed by atoms with Crippen LogP contribution in [0.1, 0.15) is 43.1 Å². The Morgan fingerprint density at radius 2 is 2.14 bits per heavy atom. The van der Waals surface area contributed by atoms with Gasteiger partial charge in [0, 0.05) is 5.56 Å². The van der Waals surface area contributed by atoms with Gasteiger partial charge in [-0.1, -0.05) is 23.4 Å². The van der Waals surface area contributed by atoms with E-state index in [0.29, 0.717) is 30.1 Å². The molecule has 6 nitrogen and oxygen atoms in total. The number of benzene rings is 1. The van der Waals surface area contributed by atoms with Crippen LogP contribution in [-0.2, 0) is 10.2 Å². The Hall–Kier alpha value is -2.31. The van der Waals surface area contributed by atoms with Crippen LogP contribution in [0.3, 0.4) is 0 Å². The Kier molecular flexibility index (Phi) is 2.95. The molecule has 1 heterocycles. The molecule has 2 N–H and O–H groups in total. The van der Waals surface area contributed by atoms with Gasteiger partial charge in [-0.3, -0.25) is 4.79 Å². The molecule has 4 rings (SSSR count). The Bertz CT molecular complexity index is 694. The van der Waals surface area contributed by atoms with Crippen LogP contribution >= 0.6 is 0 Å². The molecule has 0 spiro atoms. The van der Waals surface area contributed by atoms with Crippen LogP contribution in [0, 0.1) is 11.7 Å². The SMILES string of the molecule is O=C(NC(c1nn[nH]n1)C1CC1)C1(c2ccccc2F)CC1. The van der Waals surface area contributed by atoms with E-state index >= 15 is 0 Å². The lowest BCUT2D eigenvalue weighted by atomic mass is 9.93. The maximum atomic E-state index is 14.0. The third kappa shape index (κ3) is 2.17. The fraction of sp³-hybridized carbons (Fsp3) is 0.467. The largest absolute Gasteiger partial charge is 0.345 e. The summed E-state index contributed by atoms with van der Waals surface area (Å²) in [4.78, 5) is 12.8. The molecule has 1 unspecified atom stereocenters. The second-order valence-electron chi connectivity index (χ2n) is 6.12. The number of rotatable bonds is 5. The van der Waals surface area contributed by atoms with Gasteiger partial charge in [0.15, 0.2) is 5.82 Å². The summed E-state index contributed by atoms with van der Waals surface area (Å²) < 4.78 is 14.0. The third-order valence-corrected chi connectivity index (χ3v) is 4.59. The van der Waals surface area contributed by atoms with Crippen molar-refractivity contribution in [1.82, 2.24) is 25.9 Å². The van der Waals surface area contributed by atoms with Gasteiger partial charge in [0.05, 0.1) is 11.5 Å². The number of amides is 1. The number of halogens is 1. The van der Waals surface area contributed by atoms with Crippen molar-refractivity contribution in [2.45, 2.75) is 37.1 Å². The van der Waals surface area contributed by atoms with Crippen LogP contribution < -0.4 is 5.32 Å². The highest BCUT2D eigenvalue weighted by Crippen LogP contribution is 2.50. The first kappa shape index (κ1) is 13.4. The van der Waals surface area contributed by atoms with Crippen LogP contribution in [0.5, 0.6) is 0 Å². The Morgan fingerprint density at radius 1 is 1.36 bits per heavy atom. The maximum absolute atomic E-state index is 14.0. The number of tetrazole rings is 1. The molecule has 0 saturated heterocycles. The number of nitrogens with one attached hydrogen (secondary N) is 2. The van der Waals surface area contributed by atoms with E-state index < -0.39 is 5.41 Å². The van der Waals surface area contributed by atoms with Crippen molar-refractivity contribution in [3.63, 3.8) is 0 Å². The average Bonchev–Trinajstić information content (AvgIpc) is 3.44. The summed E-state index contributed by atoms with van der Waals surface area (Å²) in [5.74, 6) is 0.384. The molecule has 1 atom stereocenters. The first-order valence-corrected chi connectivity index (χ1v) is 7.50. The minimum Gasteiger partial charge on any atom is -0.345 e. The quantitative estimate of drug-likeness (QED) is 0.879. The standard InChI is InChI=1S/C15H16FN5O/c16-11-4-2-1-3-10(11)15(7-8-15)14(22)17-12(9-5-6-9)13-18-20-21-19-13/h1-4,9,12H,5-8H2,(H,17,22)(H,18,19,20,21). The molecule has 1 amide bonds. The van der Waals surface area contributed by atoms with Gasteiger partial charge in [0.1, 0.15) is 5.82 Å². The maximum Gasteiger partial charge on any atom is 0.231 e. The molecule has 2 saturated carbocycles. The highest BCUT2D eigenvalue weighted by Gasteiger charge is 2.54. The van der Waals surface area contributed by atoms with Gasteiger partial charge in [-0.05, 0) is 37.7 Å². The molecule has 0 aliphatic heterocycles. The molecule has 1 aromatic heterocycles. The number of nitrogens with zero attached hydrogens (tertiary/aromatic N) is 3. The third-order valence-electron chi connectivity index (χ3n) is 4.59. The number of hydrogen-bond acceptors (Lipinski definition) is 4. The molecule has 0 radical (unpaired) electrons. The Labute approximate surface area is 126 Å². The van der Waals surface area contributed by atoms with Gasteiger partial charge in [-0.25, -0.2) is 4.39 Å². The number of H-pyrrole nitrogens is 1. The zero-order chi connectivity index (χ0) is 15.2. The minimum atomic E-state index is -0.734. The summed E-state index contributed by atoms with van der Waals surface area (Å²) in [6.07, 6.45) is 3.41. The number of carbonyl (C=O) groups is 1. The Balaban J connectivity index is 1.58. The van der Waals surface area contributed by atoms with Gasteiger partial charge in [-0.2, -0.15) is 5.21 Å². The summed E-state index contributed by atoms with van der Waals surface area (Å²) in [5, 5.41) is 17.0. The molecular formula is C15H16FN5O. The van der Waals surface area contributed by atoms with Crippen molar-refractivity contribution in [3.05, 3.63) is 41.5 Å². The lowest BCUT2D eigenvalue weighted by molar-refractivity contribution is -0.124. The first-order valence-electron chi connectivity index (χ1n) is 7.50. The van der Waals surface area contributed by atoms with Crippen LogP contribution in [-0.4, -0.2) is 26.5 Å². The molecule has 2 aliphatic carbocycles. The minimum absolute atomic E-state index is 0.140. The van der Waals surface area contributed by atoms with E-state index in [1.807, 2.05) is 0 Å². The number of carbonyl (C=O) groups excluding carboxylic acids is 1. The van der Waals surface area contributed by atoms with E-state index in [2.05, 4.69) is 25.9 Å². The van der Waals surface area contributed by atoms with Crippen LogP contribution in [0.4, 0.5) is 4.39 Å². The monoisotopic (exact) mass is 301 g/mol. The van der Waals surface area contributed by atoms with Gasteiger partial charge < -0.3 is 5.32 Å². The van der Waals surface area contributed by atoms with E-state index in [0.717, 1.165) is 12.8 Å². The lowest BCUT2D eigenvalue weighted by Crippen LogP contribution is -2.39. The van der Waals surface area contributed by atoms with E-state index in [-0.39, 0.29) is 17.8 Å². The van der Waals surface area contributed by atoms with Gasteiger partial charge in [0.2, 0.25) is 5.91 Å². The van der Waals surface area contributed by atoms with E-state index in [9.17, 15) is 9.18 Å². The molecule has 2 fully saturated rings. The van der Waals surface area contributed by atoms with Crippen molar-refractivity contribution < 1.29 is 9.18 Å². The number of aromatic nitrogens is 4.